The third kappa shape index (κ3) is 4.26. The number of hydrogen-bond donors (Lipinski definition) is 0. The molecule has 3 aromatic carbocycles. The molecule has 0 N–H and O–H groups in total. The van der Waals surface area contributed by atoms with Gasteiger partial charge >= 0.3 is 11.9 Å². The van der Waals surface area contributed by atoms with Crippen LogP contribution in [0.1, 0.15) is 29.7 Å². The van der Waals surface area contributed by atoms with E-state index in [0.717, 1.165) is 11.6 Å². The summed E-state index contributed by atoms with van der Waals surface area (Å²) in [6.07, 6.45) is -4.55. The molecule has 37 heavy (non-hydrogen) atoms. The highest BCUT2D eigenvalue weighted by Crippen LogP contribution is 2.37. The number of ether oxygens (including phenoxy) is 1. The SMILES string of the molecule is COc1cccc2c1n(Cc1ccccc1C(F)(F)F)c(=O)n2[C@H]1CN(c2c(C)cccc2F)C[C@H]1C. The van der Waals surface area contributed by atoms with E-state index in [9.17, 15) is 22.4 Å². The van der Waals surface area contributed by atoms with E-state index in [-0.39, 0.29) is 29.9 Å². The molecule has 194 valence electrons. The molecule has 1 aromatic heterocycles. The molecular formula is C28H27F4N3O2. The minimum atomic E-state index is -4.55. The summed E-state index contributed by atoms with van der Waals surface area (Å²) in [4.78, 5) is 15.9. The second-order valence-electron chi connectivity index (χ2n) is 9.58. The summed E-state index contributed by atoms with van der Waals surface area (Å²) in [6.45, 7) is 4.49. The first-order valence-electron chi connectivity index (χ1n) is 12.0. The van der Waals surface area contributed by atoms with Gasteiger partial charge in [-0.3, -0.25) is 9.13 Å². The molecule has 0 bridgehead atoms. The molecule has 0 saturated carbocycles. The van der Waals surface area contributed by atoms with Crippen LogP contribution in [0.5, 0.6) is 5.75 Å². The number of halogens is 4. The first-order chi connectivity index (χ1) is 17.6. The van der Waals surface area contributed by atoms with Crippen molar-refractivity contribution in [3.63, 3.8) is 0 Å². The molecule has 2 atom stereocenters. The van der Waals surface area contributed by atoms with Gasteiger partial charge < -0.3 is 9.64 Å². The van der Waals surface area contributed by atoms with Crippen LogP contribution in [0, 0.1) is 18.7 Å². The quantitative estimate of drug-likeness (QED) is 0.306. The number of imidazole rings is 1. The van der Waals surface area contributed by atoms with Crippen LogP contribution in [0.3, 0.4) is 0 Å². The summed E-state index contributed by atoms with van der Waals surface area (Å²) < 4.78 is 64.4. The average Bonchev–Trinajstić information content (AvgIpc) is 3.35. The normalized spacial score (nSPS) is 18.1. The number of rotatable bonds is 5. The summed E-state index contributed by atoms with van der Waals surface area (Å²) in [5, 5.41) is 0. The average molecular weight is 514 g/mol. The zero-order valence-electron chi connectivity index (χ0n) is 20.7. The van der Waals surface area contributed by atoms with Crippen LogP contribution in [0.2, 0.25) is 0 Å². The third-order valence-electron chi connectivity index (χ3n) is 7.22. The van der Waals surface area contributed by atoms with Crippen molar-refractivity contribution in [3.8, 4) is 5.75 Å². The Kier molecular flexibility index (Phi) is 6.25. The molecule has 1 aliphatic rings. The van der Waals surface area contributed by atoms with Crippen LogP contribution in [0.4, 0.5) is 23.2 Å². The van der Waals surface area contributed by atoms with Crippen molar-refractivity contribution < 1.29 is 22.3 Å². The first kappa shape index (κ1) is 24.9. The second-order valence-corrected chi connectivity index (χ2v) is 9.58. The molecule has 0 amide bonds. The van der Waals surface area contributed by atoms with Gasteiger partial charge in [0.25, 0.3) is 0 Å². The van der Waals surface area contributed by atoms with E-state index in [4.69, 9.17) is 4.74 Å². The van der Waals surface area contributed by atoms with E-state index in [0.29, 0.717) is 35.6 Å². The van der Waals surface area contributed by atoms with Gasteiger partial charge in [0.05, 0.1) is 36.5 Å². The smallest absolute Gasteiger partial charge is 0.416 e. The highest BCUT2D eigenvalue weighted by atomic mass is 19.4. The Morgan fingerprint density at radius 3 is 2.43 bits per heavy atom. The highest BCUT2D eigenvalue weighted by molar-refractivity contribution is 5.83. The van der Waals surface area contributed by atoms with E-state index < -0.39 is 17.4 Å². The lowest BCUT2D eigenvalue weighted by Crippen LogP contribution is -2.31. The Hall–Kier alpha value is -3.75. The van der Waals surface area contributed by atoms with Crippen molar-refractivity contribution in [1.29, 1.82) is 0 Å². The molecule has 0 radical (unpaired) electrons. The van der Waals surface area contributed by atoms with E-state index in [1.807, 2.05) is 24.8 Å². The number of alkyl halides is 3. The molecular weight excluding hydrogens is 486 g/mol. The van der Waals surface area contributed by atoms with E-state index in [2.05, 4.69) is 0 Å². The van der Waals surface area contributed by atoms with Crippen molar-refractivity contribution in [3.05, 3.63) is 93.7 Å². The summed E-state index contributed by atoms with van der Waals surface area (Å²) in [7, 11) is 1.46. The summed E-state index contributed by atoms with van der Waals surface area (Å²) in [6, 6.07) is 15.1. The molecule has 0 unspecified atom stereocenters. The maximum atomic E-state index is 14.7. The molecule has 0 spiro atoms. The van der Waals surface area contributed by atoms with E-state index in [1.165, 1.54) is 35.9 Å². The molecule has 1 aliphatic heterocycles. The topological polar surface area (TPSA) is 39.4 Å². The number of para-hydroxylation sites is 2. The van der Waals surface area contributed by atoms with Crippen molar-refractivity contribution >= 4 is 16.7 Å². The molecule has 5 rings (SSSR count). The Labute approximate surface area is 211 Å². The number of methoxy groups -OCH3 is 1. The summed E-state index contributed by atoms with van der Waals surface area (Å²) in [5.41, 5.74) is 1.08. The largest absolute Gasteiger partial charge is 0.494 e. The van der Waals surface area contributed by atoms with Gasteiger partial charge in [-0.1, -0.05) is 43.3 Å². The number of aryl methyl sites for hydroxylation is 1. The van der Waals surface area contributed by atoms with Gasteiger partial charge in [0.1, 0.15) is 17.1 Å². The summed E-state index contributed by atoms with van der Waals surface area (Å²) in [5.74, 6) is 0.0442. The van der Waals surface area contributed by atoms with E-state index in [1.54, 1.807) is 28.8 Å². The van der Waals surface area contributed by atoms with Crippen LogP contribution >= 0.6 is 0 Å². The number of anilines is 1. The molecule has 4 aromatic rings. The van der Waals surface area contributed by atoms with Gasteiger partial charge in [-0.25, -0.2) is 9.18 Å². The Bertz CT molecular complexity index is 1500. The van der Waals surface area contributed by atoms with Gasteiger partial charge in [-0.2, -0.15) is 13.2 Å². The maximum absolute atomic E-state index is 14.7. The lowest BCUT2D eigenvalue weighted by molar-refractivity contribution is -0.138. The number of fused-ring (bicyclic) bond motifs is 1. The van der Waals surface area contributed by atoms with Gasteiger partial charge in [-0.15, -0.1) is 0 Å². The van der Waals surface area contributed by atoms with Crippen LogP contribution in [-0.2, 0) is 12.7 Å². The maximum Gasteiger partial charge on any atom is 0.416 e. The van der Waals surface area contributed by atoms with Gasteiger partial charge in [0.2, 0.25) is 0 Å². The minimum absolute atomic E-state index is 0.00913. The molecule has 5 nitrogen and oxygen atoms in total. The van der Waals surface area contributed by atoms with Crippen molar-refractivity contribution in [2.75, 3.05) is 25.1 Å². The fraction of sp³-hybridized carbons (Fsp3) is 0.321. The number of hydrogen-bond acceptors (Lipinski definition) is 3. The first-order valence-corrected chi connectivity index (χ1v) is 12.0. The molecule has 1 saturated heterocycles. The fourth-order valence-electron chi connectivity index (χ4n) is 5.53. The van der Waals surface area contributed by atoms with Crippen LogP contribution in [0.15, 0.2) is 65.5 Å². The lowest BCUT2D eigenvalue weighted by Gasteiger charge is -2.21. The zero-order chi connectivity index (χ0) is 26.5. The molecule has 0 aliphatic carbocycles. The molecule has 2 heterocycles. The van der Waals surface area contributed by atoms with Gasteiger partial charge in [-0.05, 0) is 48.2 Å². The summed E-state index contributed by atoms with van der Waals surface area (Å²) >= 11 is 0. The third-order valence-corrected chi connectivity index (χ3v) is 7.22. The standard InChI is InChI=1S/C28H27F4N3O2/c1-17-8-6-11-21(29)25(17)33-14-18(2)23(16-33)35-22-12-7-13-24(37-3)26(22)34(27(35)36)15-19-9-4-5-10-20(19)28(30,31)32/h4-13,18,23H,14-16H2,1-3H3/t18-,23+/m1/s1. The Morgan fingerprint density at radius 1 is 1.00 bits per heavy atom. The van der Waals surface area contributed by atoms with Gasteiger partial charge in [0.15, 0.2) is 0 Å². The van der Waals surface area contributed by atoms with Gasteiger partial charge in [0, 0.05) is 13.1 Å². The molecule has 1 fully saturated rings. The predicted molar refractivity (Wildman–Crippen MR) is 135 cm³/mol. The number of nitrogens with zero attached hydrogens (tertiary/aromatic N) is 3. The van der Waals surface area contributed by atoms with E-state index >= 15 is 0 Å². The van der Waals surface area contributed by atoms with Crippen LogP contribution < -0.4 is 15.3 Å². The second kappa shape index (κ2) is 9.28. The fourth-order valence-corrected chi connectivity index (χ4v) is 5.53. The highest BCUT2D eigenvalue weighted by Gasteiger charge is 2.37. The number of aromatic nitrogens is 2. The lowest BCUT2D eigenvalue weighted by atomic mass is 10.1. The minimum Gasteiger partial charge on any atom is -0.494 e. The van der Waals surface area contributed by atoms with Crippen molar-refractivity contribution in [2.24, 2.45) is 5.92 Å². The monoisotopic (exact) mass is 513 g/mol. The van der Waals surface area contributed by atoms with Crippen molar-refractivity contribution in [1.82, 2.24) is 9.13 Å². The Balaban J connectivity index is 1.65. The Morgan fingerprint density at radius 2 is 1.73 bits per heavy atom. The van der Waals surface area contributed by atoms with Crippen molar-refractivity contribution in [2.45, 2.75) is 32.6 Å². The van der Waals surface area contributed by atoms with Crippen LogP contribution in [0.25, 0.3) is 11.0 Å². The number of benzene rings is 3. The molecule has 9 heteroatoms. The zero-order valence-corrected chi connectivity index (χ0v) is 20.7. The predicted octanol–water partition coefficient (Wildman–Crippen LogP) is 6.02. The van der Waals surface area contributed by atoms with Crippen LogP contribution in [-0.4, -0.2) is 29.3 Å².